The highest BCUT2D eigenvalue weighted by molar-refractivity contribution is 6.00. The van der Waals surface area contributed by atoms with Crippen LogP contribution < -0.4 is 0 Å². The predicted molar refractivity (Wildman–Crippen MR) is 91.3 cm³/mol. The van der Waals surface area contributed by atoms with Crippen LogP contribution in [-0.4, -0.2) is 55.2 Å². The van der Waals surface area contributed by atoms with E-state index in [2.05, 4.69) is 11.9 Å². The summed E-state index contributed by atoms with van der Waals surface area (Å²) in [6.07, 6.45) is 3.21. The van der Waals surface area contributed by atoms with Gasteiger partial charge in [-0.25, -0.2) is 4.79 Å². The number of H-pyrrole nitrogens is 1. The fourth-order valence-corrected chi connectivity index (χ4v) is 3.18. The highest BCUT2D eigenvalue weighted by Gasteiger charge is 2.27. The molecule has 1 saturated heterocycles. The topological polar surface area (TPSA) is 71.6 Å². The summed E-state index contributed by atoms with van der Waals surface area (Å²) in [6.45, 7) is 7.91. The lowest BCUT2D eigenvalue weighted by Gasteiger charge is -2.20. The Labute approximate surface area is 143 Å². The number of aryl methyl sites for hydroxylation is 1. The van der Waals surface area contributed by atoms with Gasteiger partial charge in [0, 0.05) is 25.9 Å². The SMILES string of the molecule is COCCOC(=O)c1c(C)[nH]c(C(=O)N2CCCC(C)CC2)c1C. The Morgan fingerprint density at radius 2 is 1.96 bits per heavy atom. The van der Waals surface area contributed by atoms with Crippen LogP contribution in [0.3, 0.4) is 0 Å². The van der Waals surface area contributed by atoms with Crippen molar-refractivity contribution in [2.75, 3.05) is 33.4 Å². The number of methoxy groups -OCH3 is 1. The van der Waals surface area contributed by atoms with Crippen LogP contribution in [0, 0.1) is 19.8 Å². The first-order chi connectivity index (χ1) is 11.5. The lowest BCUT2D eigenvalue weighted by Crippen LogP contribution is -2.32. The molecule has 6 heteroatoms. The molecule has 1 unspecified atom stereocenters. The van der Waals surface area contributed by atoms with Gasteiger partial charge in [0.25, 0.3) is 5.91 Å². The minimum atomic E-state index is -0.415. The second-order valence-corrected chi connectivity index (χ2v) is 6.58. The third kappa shape index (κ3) is 4.17. The average molecular weight is 336 g/mol. The Bertz CT molecular complexity index is 594. The number of carbonyl (C=O) groups is 2. The smallest absolute Gasteiger partial charge is 0.340 e. The minimum Gasteiger partial charge on any atom is -0.460 e. The third-order valence-corrected chi connectivity index (χ3v) is 4.68. The van der Waals surface area contributed by atoms with Crippen LogP contribution >= 0.6 is 0 Å². The molecule has 0 bridgehead atoms. The zero-order chi connectivity index (χ0) is 17.7. The molecule has 0 saturated carbocycles. The summed E-state index contributed by atoms with van der Waals surface area (Å²) >= 11 is 0. The summed E-state index contributed by atoms with van der Waals surface area (Å²) in [5.74, 6) is 0.211. The molecular formula is C18H28N2O4. The standard InChI is InChI=1S/C18H28N2O4/c1-12-6-5-8-20(9-7-12)17(21)16-13(2)15(14(3)19-16)18(22)24-11-10-23-4/h12,19H,5-11H2,1-4H3. The van der Waals surface area contributed by atoms with E-state index in [0.29, 0.717) is 35.0 Å². The normalized spacial score (nSPS) is 18.3. The quantitative estimate of drug-likeness (QED) is 0.663. The molecule has 1 atom stereocenters. The van der Waals surface area contributed by atoms with Crippen LogP contribution in [0.2, 0.25) is 0 Å². The number of ether oxygens (including phenoxy) is 2. The molecule has 2 heterocycles. The molecule has 6 nitrogen and oxygen atoms in total. The average Bonchev–Trinajstić information content (AvgIpc) is 2.71. The summed E-state index contributed by atoms with van der Waals surface area (Å²) in [5.41, 5.74) is 2.29. The largest absolute Gasteiger partial charge is 0.460 e. The first kappa shape index (κ1) is 18.5. The molecule has 1 aliphatic rings. The second-order valence-electron chi connectivity index (χ2n) is 6.58. The number of carbonyl (C=O) groups excluding carboxylic acids is 2. The Kier molecular flexibility index (Phi) is 6.43. The maximum atomic E-state index is 12.9. The molecule has 1 fully saturated rings. The summed E-state index contributed by atoms with van der Waals surface area (Å²) in [7, 11) is 1.56. The highest BCUT2D eigenvalue weighted by atomic mass is 16.6. The van der Waals surface area contributed by atoms with Crippen molar-refractivity contribution in [2.24, 2.45) is 5.92 Å². The van der Waals surface area contributed by atoms with Crippen molar-refractivity contribution in [1.82, 2.24) is 9.88 Å². The molecule has 0 aromatic carbocycles. The fraction of sp³-hybridized carbons (Fsp3) is 0.667. The number of nitrogens with zero attached hydrogens (tertiary/aromatic N) is 1. The Balaban J connectivity index is 2.15. The molecule has 24 heavy (non-hydrogen) atoms. The van der Waals surface area contributed by atoms with Gasteiger partial charge in [0.2, 0.25) is 0 Å². The molecule has 0 radical (unpaired) electrons. The summed E-state index contributed by atoms with van der Waals surface area (Å²) in [5, 5.41) is 0. The van der Waals surface area contributed by atoms with Gasteiger partial charge in [-0.15, -0.1) is 0 Å². The van der Waals surface area contributed by atoms with Gasteiger partial charge in [0.1, 0.15) is 12.3 Å². The van der Waals surface area contributed by atoms with Crippen LogP contribution in [0.15, 0.2) is 0 Å². The van der Waals surface area contributed by atoms with Crippen LogP contribution in [-0.2, 0) is 9.47 Å². The van der Waals surface area contributed by atoms with Crippen molar-refractivity contribution in [3.8, 4) is 0 Å². The Morgan fingerprint density at radius 1 is 1.21 bits per heavy atom. The molecule has 1 aromatic heterocycles. The lowest BCUT2D eigenvalue weighted by atomic mass is 10.0. The first-order valence-corrected chi connectivity index (χ1v) is 8.60. The highest BCUT2D eigenvalue weighted by Crippen LogP contribution is 2.23. The van der Waals surface area contributed by atoms with Crippen molar-refractivity contribution in [3.63, 3.8) is 0 Å². The summed E-state index contributed by atoms with van der Waals surface area (Å²) in [4.78, 5) is 30.1. The number of nitrogens with one attached hydrogen (secondary N) is 1. The predicted octanol–water partition coefficient (Wildman–Crippen LogP) is 2.70. The molecule has 1 aromatic rings. The number of aromatic amines is 1. The molecule has 2 rings (SSSR count). The van der Waals surface area contributed by atoms with Gasteiger partial charge < -0.3 is 19.4 Å². The number of hydrogen-bond donors (Lipinski definition) is 1. The minimum absolute atomic E-state index is 0.0272. The number of likely N-dealkylation sites (tertiary alicyclic amines) is 1. The van der Waals surface area contributed by atoms with Crippen LogP contribution in [0.25, 0.3) is 0 Å². The Morgan fingerprint density at radius 3 is 2.67 bits per heavy atom. The van der Waals surface area contributed by atoms with E-state index in [1.165, 1.54) is 0 Å². The molecule has 1 N–H and O–H groups in total. The van der Waals surface area contributed by atoms with Crippen molar-refractivity contribution >= 4 is 11.9 Å². The lowest BCUT2D eigenvalue weighted by molar-refractivity contribution is 0.0387. The molecule has 0 spiro atoms. The van der Waals surface area contributed by atoms with Gasteiger partial charge in [-0.05, 0) is 44.6 Å². The molecule has 1 amide bonds. The van der Waals surface area contributed by atoms with E-state index in [1.807, 2.05) is 4.90 Å². The summed E-state index contributed by atoms with van der Waals surface area (Å²) in [6, 6.07) is 0. The molecular weight excluding hydrogens is 308 g/mol. The van der Waals surface area contributed by atoms with E-state index in [0.717, 1.165) is 32.4 Å². The maximum absolute atomic E-state index is 12.9. The number of hydrogen-bond acceptors (Lipinski definition) is 4. The fourth-order valence-electron chi connectivity index (χ4n) is 3.18. The number of aromatic nitrogens is 1. The van der Waals surface area contributed by atoms with E-state index < -0.39 is 5.97 Å². The number of rotatable bonds is 5. The van der Waals surface area contributed by atoms with Crippen molar-refractivity contribution in [3.05, 3.63) is 22.5 Å². The van der Waals surface area contributed by atoms with Crippen molar-refractivity contribution in [1.29, 1.82) is 0 Å². The van der Waals surface area contributed by atoms with Crippen molar-refractivity contribution in [2.45, 2.75) is 40.0 Å². The monoisotopic (exact) mass is 336 g/mol. The van der Waals surface area contributed by atoms with Gasteiger partial charge >= 0.3 is 5.97 Å². The van der Waals surface area contributed by atoms with E-state index in [-0.39, 0.29) is 12.5 Å². The van der Waals surface area contributed by atoms with Crippen LogP contribution in [0.5, 0.6) is 0 Å². The first-order valence-electron chi connectivity index (χ1n) is 8.60. The van der Waals surface area contributed by atoms with Gasteiger partial charge in [0.15, 0.2) is 0 Å². The third-order valence-electron chi connectivity index (χ3n) is 4.68. The maximum Gasteiger partial charge on any atom is 0.340 e. The van der Waals surface area contributed by atoms with E-state index in [1.54, 1.807) is 21.0 Å². The number of amides is 1. The van der Waals surface area contributed by atoms with Gasteiger partial charge in [-0.2, -0.15) is 0 Å². The van der Waals surface area contributed by atoms with Gasteiger partial charge in [0.05, 0.1) is 12.2 Å². The van der Waals surface area contributed by atoms with Crippen molar-refractivity contribution < 1.29 is 19.1 Å². The number of esters is 1. The van der Waals surface area contributed by atoms with Gasteiger partial charge in [-0.1, -0.05) is 6.92 Å². The molecule has 1 aliphatic heterocycles. The zero-order valence-corrected chi connectivity index (χ0v) is 15.1. The van der Waals surface area contributed by atoms with Gasteiger partial charge in [-0.3, -0.25) is 4.79 Å². The second kappa shape index (κ2) is 8.33. The molecule has 0 aliphatic carbocycles. The molecule has 134 valence electrons. The van der Waals surface area contributed by atoms with E-state index in [4.69, 9.17) is 9.47 Å². The van der Waals surface area contributed by atoms with Crippen LogP contribution in [0.4, 0.5) is 0 Å². The Hall–Kier alpha value is -1.82. The van der Waals surface area contributed by atoms with Crippen LogP contribution in [0.1, 0.15) is 58.3 Å². The van der Waals surface area contributed by atoms with E-state index in [9.17, 15) is 9.59 Å². The van der Waals surface area contributed by atoms with E-state index >= 15 is 0 Å². The summed E-state index contributed by atoms with van der Waals surface area (Å²) < 4.78 is 10.1. The zero-order valence-electron chi connectivity index (χ0n) is 15.1.